The van der Waals surface area contributed by atoms with Crippen LogP contribution in [0.4, 0.5) is 5.69 Å². The summed E-state index contributed by atoms with van der Waals surface area (Å²) in [5.41, 5.74) is 2.62. The zero-order valence-electron chi connectivity index (χ0n) is 20.1. The summed E-state index contributed by atoms with van der Waals surface area (Å²) in [5, 5.41) is 9.79. The number of hydrogen-bond donors (Lipinski definition) is 3. The number of ether oxygens (including phenoxy) is 2. The number of aromatic amines is 2. The second-order valence-electron chi connectivity index (χ2n) is 7.82. The smallest absolute Gasteiger partial charge is 0.291 e. The molecule has 10 nitrogen and oxygen atoms in total. The van der Waals surface area contributed by atoms with Crippen LogP contribution in [0.1, 0.15) is 40.5 Å². The van der Waals surface area contributed by atoms with E-state index in [0.717, 1.165) is 31.1 Å². The van der Waals surface area contributed by atoms with E-state index >= 15 is 0 Å². The maximum Gasteiger partial charge on any atom is 0.291 e. The molecule has 0 unspecified atom stereocenters. The van der Waals surface area contributed by atoms with Crippen molar-refractivity contribution in [3.05, 3.63) is 59.7 Å². The van der Waals surface area contributed by atoms with Crippen molar-refractivity contribution in [3.63, 3.8) is 0 Å². The highest BCUT2D eigenvalue weighted by atomic mass is 16.5. The number of nitrogens with zero attached hydrogens (tertiary/aromatic N) is 3. The first-order valence-corrected chi connectivity index (χ1v) is 11.0. The van der Waals surface area contributed by atoms with Gasteiger partial charge in [-0.25, -0.2) is 4.98 Å². The van der Waals surface area contributed by atoms with E-state index in [1.807, 2.05) is 13.0 Å². The van der Waals surface area contributed by atoms with Gasteiger partial charge in [0.25, 0.3) is 5.91 Å². The number of nitrogens with one attached hydrogen (secondary N) is 3. The Morgan fingerprint density at radius 3 is 2.71 bits per heavy atom. The molecule has 1 amide bonds. The number of anilines is 1. The predicted octanol–water partition coefficient (Wildman–Crippen LogP) is 3.99. The van der Waals surface area contributed by atoms with Gasteiger partial charge in [0, 0.05) is 26.0 Å². The Hall–Kier alpha value is -3.63. The lowest BCUT2D eigenvalue weighted by Gasteiger charge is -2.11. The van der Waals surface area contributed by atoms with Crippen LogP contribution in [-0.4, -0.2) is 65.4 Å². The van der Waals surface area contributed by atoms with Crippen LogP contribution >= 0.6 is 0 Å². The van der Waals surface area contributed by atoms with Crippen LogP contribution in [0.2, 0.25) is 0 Å². The van der Waals surface area contributed by atoms with Crippen molar-refractivity contribution in [3.8, 4) is 11.5 Å². The fraction of sp³-hybridized carbons (Fsp3) is 0.375. The zero-order chi connectivity index (χ0) is 24.5. The molecule has 1 aliphatic heterocycles. The average Bonchev–Trinajstić information content (AvgIpc) is 3.62. The van der Waals surface area contributed by atoms with Crippen LogP contribution in [0.3, 0.4) is 0 Å². The molecule has 0 atom stereocenters. The number of carbonyl (C=O) groups is 1. The lowest BCUT2D eigenvalue weighted by atomic mass is 10.3. The Bertz CT molecular complexity index is 1120. The largest absolute Gasteiger partial charge is 0.497 e. The topological polar surface area (TPSA) is 121 Å². The van der Waals surface area contributed by atoms with Crippen molar-refractivity contribution in [2.75, 3.05) is 39.7 Å². The summed E-state index contributed by atoms with van der Waals surface area (Å²) in [7, 11) is 4.82. The number of likely N-dealkylation sites (tertiary alicyclic amines) is 1. The van der Waals surface area contributed by atoms with Crippen LogP contribution in [0, 0.1) is 6.92 Å². The Balaban J connectivity index is 0.00000103. The molecule has 4 rings (SSSR count). The third-order valence-corrected chi connectivity index (χ3v) is 5.23. The molecule has 1 saturated heterocycles. The maximum absolute atomic E-state index is 12.7. The van der Waals surface area contributed by atoms with Crippen molar-refractivity contribution in [1.29, 1.82) is 0 Å². The molecule has 0 aliphatic carbocycles. The van der Waals surface area contributed by atoms with Crippen molar-refractivity contribution < 1.29 is 18.7 Å². The molecule has 3 aromatic rings. The molecule has 0 bridgehead atoms. The SMILES string of the molecule is C=C/C(=C\c1nc(-c2[nH]ncc2NC(=O)c2ccc(CN3CCCC3)o2)[nH]c1C)OC.COC. The first-order valence-electron chi connectivity index (χ1n) is 11.0. The van der Waals surface area contributed by atoms with Gasteiger partial charge in [-0.15, -0.1) is 0 Å². The van der Waals surface area contributed by atoms with Crippen LogP contribution in [-0.2, 0) is 16.0 Å². The molecule has 182 valence electrons. The predicted molar refractivity (Wildman–Crippen MR) is 130 cm³/mol. The van der Waals surface area contributed by atoms with Gasteiger partial charge in [-0.1, -0.05) is 6.58 Å². The monoisotopic (exact) mass is 468 g/mol. The summed E-state index contributed by atoms with van der Waals surface area (Å²) >= 11 is 0. The average molecular weight is 469 g/mol. The van der Waals surface area contributed by atoms with E-state index in [0.29, 0.717) is 28.7 Å². The molecule has 0 spiro atoms. The fourth-order valence-corrected chi connectivity index (χ4v) is 3.56. The van der Waals surface area contributed by atoms with Crippen LogP contribution in [0.15, 0.2) is 41.2 Å². The third kappa shape index (κ3) is 6.24. The maximum atomic E-state index is 12.7. The van der Waals surface area contributed by atoms with E-state index < -0.39 is 0 Å². The van der Waals surface area contributed by atoms with Gasteiger partial charge in [-0.2, -0.15) is 5.10 Å². The minimum absolute atomic E-state index is 0.260. The number of carbonyl (C=O) groups excluding carboxylic acids is 1. The van der Waals surface area contributed by atoms with Gasteiger partial charge >= 0.3 is 0 Å². The van der Waals surface area contributed by atoms with Crippen molar-refractivity contribution in [1.82, 2.24) is 25.1 Å². The summed E-state index contributed by atoms with van der Waals surface area (Å²) in [4.78, 5) is 22.8. The second kappa shape index (κ2) is 12.0. The highest BCUT2D eigenvalue weighted by Crippen LogP contribution is 2.26. The van der Waals surface area contributed by atoms with Gasteiger partial charge in [0.15, 0.2) is 11.6 Å². The number of hydrogen-bond acceptors (Lipinski definition) is 7. The molecule has 34 heavy (non-hydrogen) atoms. The standard InChI is InChI=1S/C22H26N6O3.C2H6O/c1-4-15(30-3)11-17-14(2)24-21(25-17)20-18(12-23-27-20)26-22(29)19-8-7-16(31-19)13-28-9-5-6-10-28;1-3-2/h4,7-8,11-12H,1,5-6,9-10,13H2,2-3H3,(H,23,27)(H,24,25)(H,26,29);1-2H3/b15-11+;. The molecule has 3 N–H and O–H groups in total. The summed E-state index contributed by atoms with van der Waals surface area (Å²) < 4.78 is 15.2. The molecule has 1 aliphatic rings. The molecule has 0 radical (unpaired) electrons. The number of amides is 1. The Kier molecular flexibility index (Phi) is 8.83. The van der Waals surface area contributed by atoms with E-state index in [1.54, 1.807) is 45.7 Å². The number of aromatic nitrogens is 4. The summed E-state index contributed by atoms with van der Waals surface area (Å²) in [6.07, 6.45) is 7.35. The van der Waals surface area contributed by atoms with Gasteiger partial charge in [-0.3, -0.25) is 14.8 Å². The van der Waals surface area contributed by atoms with E-state index in [2.05, 4.69) is 41.7 Å². The first kappa shape index (κ1) is 25.0. The van der Waals surface area contributed by atoms with Gasteiger partial charge in [-0.05, 0) is 51.1 Å². The molecule has 1 fully saturated rings. The third-order valence-electron chi connectivity index (χ3n) is 5.23. The van der Waals surface area contributed by atoms with Gasteiger partial charge < -0.3 is 24.2 Å². The highest BCUT2D eigenvalue weighted by molar-refractivity contribution is 6.03. The molecule has 3 aromatic heterocycles. The van der Waals surface area contributed by atoms with Crippen molar-refractivity contribution >= 4 is 17.7 Å². The number of H-pyrrole nitrogens is 2. The number of allylic oxidation sites excluding steroid dienone is 1. The molecule has 10 heteroatoms. The van der Waals surface area contributed by atoms with Crippen LogP contribution in [0.5, 0.6) is 0 Å². The fourth-order valence-electron chi connectivity index (χ4n) is 3.56. The molecular formula is C24H32N6O4. The zero-order valence-corrected chi connectivity index (χ0v) is 20.1. The molecule has 0 saturated carbocycles. The molecule has 4 heterocycles. The van der Waals surface area contributed by atoms with E-state index in [4.69, 9.17) is 9.15 Å². The van der Waals surface area contributed by atoms with Gasteiger partial charge in [0.05, 0.1) is 31.2 Å². The first-order chi connectivity index (χ1) is 16.5. The summed E-state index contributed by atoms with van der Waals surface area (Å²) in [5.74, 6) is 1.85. The van der Waals surface area contributed by atoms with Gasteiger partial charge in [0.2, 0.25) is 0 Å². The normalized spacial score (nSPS) is 13.9. The Morgan fingerprint density at radius 1 is 1.29 bits per heavy atom. The minimum atomic E-state index is -0.341. The quantitative estimate of drug-likeness (QED) is 0.338. The van der Waals surface area contributed by atoms with Crippen molar-refractivity contribution in [2.45, 2.75) is 26.3 Å². The number of imidazole rings is 1. The van der Waals surface area contributed by atoms with E-state index in [-0.39, 0.29) is 11.7 Å². The second-order valence-corrected chi connectivity index (χ2v) is 7.82. The van der Waals surface area contributed by atoms with Crippen LogP contribution in [0.25, 0.3) is 17.6 Å². The van der Waals surface area contributed by atoms with Gasteiger partial charge in [0.1, 0.15) is 17.2 Å². The number of aryl methyl sites for hydroxylation is 1. The summed E-state index contributed by atoms with van der Waals surface area (Å²) in [6.45, 7) is 8.47. The highest BCUT2D eigenvalue weighted by Gasteiger charge is 2.19. The lowest BCUT2D eigenvalue weighted by Crippen LogP contribution is -2.18. The molecule has 0 aromatic carbocycles. The number of rotatable bonds is 8. The number of methoxy groups -OCH3 is 2. The van der Waals surface area contributed by atoms with Crippen molar-refractivity contribution in [2.24, 2.45) is 0 Å². The van der Waals surface area contributed by atoms with Crippen LogP contribution < -0.4 is 5.32 Å². The Morgan fingerprint density at radius 2 is 2.03 bits per heavy atom. The minimum Gasteiger partial charge on any atom is -0.497 e. The summed E-state index contributed by atoms with van der Waals surface area (Å²) in [6, 6.07) is 3.55. The molecular weight excluding hydrogens is 436 g/mol. The Labute approximate surface area is 199 Å². The van der Waals surface area contributed by atoms with E-state index in [1.165, 1.54) is 12.8 Å². The number of furan rings is 1. The lowest BCUT2D eigenvalue weighted by molar-refractivity contribution is 0.0993. The van der Waals surface area contributed by atoms with E-state index in [9.17, 15) is 4.79 Å².